The minimum atomic E-state index is -4.52. The van der Waals surface area contributed by atoms with E-state index in [-0.39, 0.29) is 16.9 Å². The number of nitrogen functional groups attached to an aromatic ring is 1. The predicted octanol–water partition coefficient (Wildman–Crippen LogP) is 2.25. The number of rotatable bonds is 2. The van der Waals surface area contributed by atoms with Gasteiger partial charge in [-0.25, -0.2) is 0 Å². The highest BCUT2D eigenvalue weighted by Gasteiger charge is 2.31. The predicted molar refractivity (Wildman–Crippen MR) is 62.5 cm³/mol. The quantitative estimate of drug-likeness (QED) is 0.672. The second kappa shape index (κ2) is 4.42. The first-order valence-electron chi connectivity index (χ1n) is 5.30. The van der Waals surface area contributed by atoms with Crippen molar-refractivity contribution in [2.24, 2.45) is 7.05 Å². The molecule has 2 N–H and O–H groups in total. The molecule has 2 aromatic rings. The second-order valence-electron chi connectivity index (χ2n) is 4.00. The zero-order valence-electron chi connectivity index (χ0n) is 9.90. The third-order valence-electron chi connectivity index (χ3n) is 2.57. The van der Waals surface area contributed by atoms with Gasteiger partial charge in [0.25, 0.3) is 0 Å². The number of alkyl halides is 3. The summed E-state index contributed by atoms with van der Waals surface area (Å²) in [6.07, 6.45) is -3.00. The molecule has 0 unspecified atom stereocenters. The van der Waals surface area contributed by atoms with E-state index in [1.165, 1.54) is 16.9 Å². The maximum Gasteiger partial charge on any atom is 0.416 e. The Morgan fingerprint density at radius 2 is 2.00 bits per heavy atom. The molecule has 0 amide bonds. The molecule has 2 rings (SSSR count). The Balaban J connectivity index is 2.47. The molecule has 0 atom stereocenters. The number of aryl methyl sites for hydroxylation is 1. The van der Waals surface area contributed by atoms with Gasteiger partial charge in [0, 0.05) is 24.5 Å². The number of anilines is 1. The van der Waals surface area contributed by atoms with Gasteiger partial charge in [-0.1, -0.05) is 0 Å². The number of aromatic nitrogens is 2. The van der Waals surface area contributed by atoms with Crippen molar-refractivity contribution in [1.29, 1.82) is 0 Å². The molecule has 0 bridgehead atoms. The molecule has 4 nitrogen and oxygen atoms in total. The zero-order valence-corrected chi connectivity index (χ0v) is 9.90. The summed E-state index contributed by atoms with van der Waals surface area (Å²) in [5.74, 6) is -0.635. The number of benzene rings is 1. The van der Waals surface area contributed by atoms with Gasteiger partial charge in [0.05, 0.1) is 5.56 Å². The number of hydrogen-bond donors (Lipinski definition) is 1. The van der Waals surface area contributed by atoms with Crippen LogP contribution in [0, 0.1) is 0 Å². The van der Waals surface area contributed by atoms with Crippen molar-refractivity contribution in [3.05, 3.63) is 47.3 Å². The zero-order chi connectivity index (χ0) is 14.2. The molecule has 0 spiro atoms. The first-order chi connectivity index (χ1) is 8.79. The summed E-state index contributed by atoms with van der Waals surface area (Å²) in [5, 5.41) is 3.85. The third kappa shape index (κ3) is 2.59. The summed E-state index contributed by atoms with van der Waals surface area (Å²) >= 11 is 0. The van der Waals surface area contributed by atoms with E-state index >= 15 is 0 Å². The largest absolute Gasteiger partial charge is 0.416 e. The van der Waals surface area contributed by atoms with Crippen molar-refractivity contribution >= 4 is 11.5 Å². The van der Waals surface area contributed by atoms with E-state index in [1.807, 2.05) is 0 Å². The average molecular weight is 269 g/mol. The first kappa shape index (κ1) is 13.1. The smallest absolute Gasteiger partial charge is 0.398 e. The number of carbonyl (C=O) groups excluding carboxylic acids is 1. The van der Waals surface area contributed by atoms with Gasteiger partial charge in [0.1, 0.15) is 5.69 Å². The lowest BCUT2D eigenvalue weighted by Gasteiger charge is -2.09. The summed E-state index contributed by atoms with van der Waals surface area (Å²) in [6.45, 7) is 0. The molecule has 1 aromatic heterocycles. The fraction of sp³-hybridized carbons (Fsp3) is 0.167. The van der Waals surface area contributed by atoms with Crippen LogP contribution >= 0.6 is 0 Å². The number of ketones is 1. The maximum absolute atomic E-state index is 12.6. The molecule has 1 aromatic carbocycles. The van der Waals surface area contributed by atoms with Gasteiger partial charge < -0.3 is 5.73 Å². The van der Waals surface area contributed by atoms with Gasteiger partial charge in [-0.3, -0.25) is 9.48 Å². The fourth-order valence-corrected chi connectivity index (χ4v) is 1.60. The number of hydrogen-bond acceptors (Lipinski definition) is 3. The molecular formula is C12H10F3N3O. The van der Waals surface area contributed by atoms with E-state index in [9.17, 15) is 18.0 Å². The van der Waals surface area contributed by atoms with E-state index in [1.54, 1.807) is 7.05 Å². The van der Waals surface area contributed by atoms with Crippen molar-refractivity contribution in [2.75, 3.05) is 5.73 Å². The van der Waals surface area contributed by atoms with Crippen LogP contribution in [0.4, 0.5) is 18.9 Å². The summed E-state index contributed by atoms with van der Waals surface area (Å²) in [4.78, 5) is 12.0. The second-order valence-corrected chi connectivity index (χ2v) is 4.00. The molecular weight excluding hydrogens is 259 g/mol. The third-order valence-corrected chi connectivity index (χ3v) is 2.57. The lowest BCUT2D eigenvalue weighted by atomic mass is 10.0. The maximum atomic E-state index is 12.6. The molecule has 0 aliphatic heterocycles. The van der Waals surface area contributed by atoms with Gasteiger partial charge in [-0.15, -0.1) is 0 Å². The molecule has 100 valence electrons. The van der Waals surface area contributed by atoms with E-state index in [0.29, 0.717) is 0 Å². The van der Waals surface area contributed by atoms with Crippen LogP contribution in [0.25, 0.3) is 0 Å². The topological polar surface area (TPSA) is 60.9 Å². The van der Waals surface area contributed by atoms with E-state index in [2.05, 4.69) is 5.10 Å². The molecule has 0 aliphatic rings. The molecule has 0 saturated carbocycles. The highest BCUT2D eigenvalue weighted by molar-refractivity contribution is 6.11. The molecule has 0 saturated heterocycles. The lowest BCUT2D eigenvalue weighted by molar-refractivity contribution is -0.137. The molecule has 1 heterocycles. The van der Waals surface area contributed by atoms with Crippen molar-refractivity contribution in [2.45, 2.75) is 6.18 Å². The van der Waals surface area contributed by atoms with Gasteiger partial charge in [0.15, 0.2) is 0 Å². The normalized spacial score (nSPS) is 11.6. The van der Waals surface area contributed by atoms with Gasteiger partial charge in [0.2, 0.25) is 5.78 Å². The van der Waals surface area contributed by atoms with E-state index in [0.717, 1.165) is 18.2 Å². The standard InChI is InChI=1S/C12H10F3N3O/c1-18-5-4-10(17-18)11(19)8-6-7(12(13,14)15)2-3-9(8)16/h2-6H,16H2,1H3. The van der Waals surface area contributed by atoms with Crippen LogP contribution in [0.3, 0.4) is 0 Å². The van der Waals surface area contributed by atoms with Crippen LogP contribution in [0.15, 0.2) is 30.5 Å². The Hall–Kier alpha value is -2.31. The summed E-state index contributed by atoms with van der Waals surface area (Å²) in [5.41, 5.74) is 4.48. The monoisotopic (exact) mass is 269 g/mol. The van der Waals surface area contributed by atoms with Crippen LogP contribution in [0.1, 0.15) is 21.6 Å². The number of nitrogens with zero attached hydrogens (tertiary/aromatic N) is 2. The molecule has 7 heteroatoms. The Bertz CT molecular complexity index is 631. The molecule has 0 fully saturated rings. The first-order valence-corrected chi connectivity index (χ1v) is 5.30. The van der Waals surface area contributed by atoms with Gasteiger partial charge in [-0.05, 0) is 24.3 Å². The van der Waals surface area contributed by atoms with Crippen molar-refractivity contribution in [3.63, 3.8) is 0 Å². The average Bonchev–Trinajstić information content (AvgIpc) is 2.74. The van der Waals surface area contributed by atoms with Gasteiger partial charge >= 0.3 is 6.18 Å². The van der Waals surface area contributed by atoms with Gasteiger partial charge in [-0.2, -0.15) is 18.3 Å². The van der Waals surface area contributed by atoms with Crippen molar-refractivity contribution in [1.82, 2.24) is 9.78 Å². The Kier molecular flexibility index (Phi) is 3.05. The number of carbonyl (C=O) groups is 1. The summed E-state index contributed by atoms with van der Waals surface area (Å²) in [7, 11) is 1.60. The number of nitrogens with two attached hydrogens (primary N) is 1. The van der Waals surface area contributed by atoms with Crippen LogP contribution in [0.2, 0.25) is 0 Å². The minimum Gasteiger partial charge on any atom is -0.398 e. The van der Waals surface area contributed by atoms with Crippen LogP contribution in [0.5, 0.6) is 0 Å². The highest BCUT2D eigenvalue weighted by Crippen LogP contribution is 2.31. The fourth-order valence-electron chi connectivity index (χ4n) is 1.60. The summed E-state index contributed by atoms with van der Waals surface area (Å²) < 4.78 is 39.2. The van der Waals surface area contributed by atoms with E-state index in [4.69, 9.17) is 5.73 Å². The minimum absolute atomic E-state index is 0.0105. The Morgan fingerprint density at radius 1 is 1.32 bits per heavy atom. The van der Waals surface area contributed by atoms with Crippen LogP contribution in [-0.2, 0) is 13.2 Å². The molecule has 0 radical (unpaired) electrons. The van der Waals surface area contributed by atoms with Crippen LogP contribution in [-0.4, -0.2) is 15.6 Å². The van der Waals surface area contributed by atoms with Crippen molar-refractivity contribution < 1.29 is 18.0 Å². The Labute approximate surface area is 106 Å². The molecule has 19 heavy (non-hydrogen) atoms. The lowest BCUT2D eigenvalue weighted by Crippen LogP contribution is -2.11. The highest BCUT2D eigenvalue weighted by atomic mass is 19.4. The molecule has 0 aliphatic carbocycles. The van der Waals surface area contributed by atoms with Crippen LogP contribution < -0.4 is 5.73 Å². The van der Waals surface area contributed by atoms with Crippen molar-refractivity contribution in [3.8, 4) is 0 Å². The Morgan fingerprint density at radius 3 is 2.53 bits per heavy atom. The number of halogens is 3. The van der Waals surface area contributed by atoms with E-state index < -0.39 is 17.5 Å². The summed E-state index contributed by atoms with van der Waals surface area (Å²) in [6, 6.07) is 4.07. The SMILES string of the molecule is Cn1ccc(C(=O)c2cc(C(F)(F)F)ccc2N)n1.